The molecule has 2 aliphatic rings. The molecule has 3 atom stereocenters. The van der Waals surface area contributed by atoms with Crippen molar-refractivity contribution in [2.45, 2.75) is 44.1 Å². The minimum absolute atomic E-state index is 0.294. The summed E-state index contributed by atoms with van der Waals surface area (Å²) in [6, 6.07) is 5.73. The SMILES string of the molecule is CN=C(NCc1ccc(C(=O)OC)c(OC)c1)NC1CC2CCC1O2. The monoisotopic (exact) mass is 347 g/mol. The standard InChI is InChI=1S/C18H25N3O4/c1-19-18(21-14-9-12-5-7-15(14)25-12)20-10-11-4-6-13(17(22)24-3)16(8-11)23-2/h4,6,8,12,14-15H,5,7,9-10H2,1-3H3,(H2,19,20,21). The summed E-state index contributed by atoms with van der Waals surface area (Å²) >= 11 is 0. The molecule has 2 bridgehead atoms. The zero-order valence-electron chi connectivity index (χ0n) is 14.9. The molecule has 0 amide bonds. The lowest BCUT2D eigenvalue weighted by Gasteiger charge is -2.22. The minimum atomic E-state index is -0.412. The fourth-order valence-electron chi connectivity index (χ4n) is 3.47. The summed E-state index contributed by atoms with van der Waals surface area (Å²) in [4.78, 5) is 16.0. The van der Waals surface area contributed by atoms with Crippen molar-refractivity contribution < 1.29 is 19.0 Å². The lowest BCUT2D eigenvalue weighted by Crippen LogP contribution is -2.47. The number of esters is 1. The summed E-state index contributed by atoms with van der Waals surface area (Å²) in [5.41, 5.74) is 1.40. The quantitative estimate of drug-likeness (QED) is 0.477. The number of guanidine groups is 1. The average molecular weight is 347 g/mol. The number of carbonyl (C=O) groups is 1. The van der Waals surface area contributed by atoms with Gasteiger partial charge in [-0.3, -0.25) is 4.99 Å². The lowest BCUT2D eigenvalue weighted by molar-refractivity contribution is 0.0597. The van der Waals surface area contributed by atoms with Gasteiger partial charge in [-0.2, -0.15) is 0 Å². The molecule has 1 aromatic rings. The van der Waals surface area contributed by atoms with Gasteiger partial charge in [-0.25, -0.2) is 4.79 Å². The molecule has 0 radical (unpaired) electrons. The number of rotatable bonds is 5. The maximum atomic E-state index is 11.7. The molecular formula is C18H25N3O4. The van der Waals surface area contributed by atoms with Crippen molar-refractivity contribution in [2.75, 3.05) is 21.3 Å². The van der Waals surface area contributed by atoms with Gasteiger partial charge < -0.3 is 24.8 Å². The predicted molar refractivity (Wildman–Crippen MR) is 94.0 cm³/mol. The first-order chi connectivity index (χ1) is 12.1. The van der Waals surface area contributed by atoms with Crippen LogP contribution >= 0.6 is 0 Å². The molecule has 2 heterocycles. The van der Waals surface area contributed by atoms with Crippen molar-refractivity contribution in [1.29, 1.82) is 0 Å². The van der Waals surface area contributed by atoms with Crippen LogP contribution in [0.5, 0.6) is 5.75 Å². The van der Waals surface area contributed by atoms with E-state index in [1.54, 1.807) is 13.1 Å². The van der Waals surface area contributed by atoms with Gasteiger partial charge in [0.2, 0.25) is 0 Å². The highest BCUT2D eigenvalue weighted by Gasteiger charge is 2.41. The number of hydrogen-bond donors (Lipinski definition) is 2. The van der Waals surface area contributed by atoms with Crippen LogP contribution in [0.3, 0.4) is 0 Å². The molecule has 0 aliphatic carbocycles. The van der Waals surface area contributed by atoms with Crippen molar-refractivity contribution >= 4 is 11.9 Å². The van der Waals surface area contributed by atoms with Crippen molar-refractivity contribution in [1.82, 2.24) is 10.6 Å². The van der Waals surface area contributed by atoms with Gasteiger partial charge in [0.25, 0.3) is 0 Å². The van der Waals surface area contributed by atoms with E-state index >= 15 is 0 Å². The Morgan fingerprint density at radius 2 is 2.20 bits per heavy atom. The highest BCUT2D eigenvalue weighted by atomic mass is 16.5. The van der Waals surface area contributed by atoms with Gasteiger partial charge in [-0.1, -0.05) is 6.07 Å². The summed E-state index contributed by atoms with van der Waals surface area (Å²) in [6.07, 6.45) is 4.01. The first-order valence-corrected chi connectivity index (χ1v) is 8.52. The number of carbonyl (C=O) groups excluding carboxylic acids is 1. The molecular weight excluding hydrogens is 322 g/mol. The molecule has 3 rings (SSSR count). The van der Waals surface area contributed by atoms with E-state index < -0.39 is 5.97 Å². The molecule has 0 saturated carbocycles. The predicted octanol–water partition coefficient (Wildman–Crippen LogP) is 1.47. The van der Waals surface area contributed by atoms with Crippen LogP contribution in [-0.4, -0.2) is 51.4 Å². The van der Waals surface area contributed by atoms with Gasteiger partial charge in [0.15, 0.2) is 5.96 Å². The summed E-state index contributed by atoms with van der Waals surface area (Å²) in [5.74, 6) is 0.831. The van der Waals surface area contributed by atoms with Crippen molar-refractivity contribution in [3.63, 3.8) is 0 Å². The summed E-state index contributed by atoms with van der Waals surface area (Å²) in [5, 5.41) is 6.74. The Hall–Kier alpha value is -2.28. The Morgan fingerprint density at radius 3 is 2.80 bits per heavy atom. The van der Waals surface area contributed by atoms with Gasteiger partial charge in [0.05, 0.1) is 32.5 Å². The number of hydrogen-bond acceptors (Lipinski definition) is 5. The molecule has 2 fully saturated rings. The van der Waals surface area contributed by atoms with Crippen LogP contribution in [-0.2, 0) is 16.0 Å². The Bertz CT molecular complexity index is 662. The fourth-order valence-corrected chi connectivity index (χ4v) is 3.47. The Balaban J connectivity index is 1.59. The highest BCUT2D eigenvalue weighted by molar-refractivity contribution is 5.92. The van der Waals surface area contributed by atoms with Crippen LogP contribution in [0.1, 0.15) is 35.2 Å². The molecule has 0 aromatic heterocycles. The van der Waals surface area contributed by atoms with E-state index in [9.17, 15) is 4.79 Å². The van der Waals surface area contributed by atoms with Gasteiger partial charge in [0, 0.05) is 13.6 Å². The van der Waals surface area contributed by atoms with E-state index in [-0.39, 0.29) is 0 Å². The topological polar surface area (TPSA) is 81.2 Å². The van der Waals surface area contributed by atoms with Crippen LogP contribution in [0, 0.1) is 0 Å². The zero-order valence-corrected chi connectivity index (χ0v) is 14.9. The zero-order chi connectivity index (χ0) is 17.8. The lowest BCUT2D eigenvalue weighted by atomic mass is 9.96. The number of aliphatic imine (C=N–C) groups is 1. The molecule has 25 heavy (non-hydrogen) atoms. The normalized spacial score (nSPS) is 24.9. The van der Waals surface area contributed by atoms with E-state index in [1.807, 2.05) is 12.1 Å². The Kier molecular flexibility index (Phi) is 5.43. The second-order valence-corrected chi connectivity index (χ2v) is 6.31. The third-order valence-corrected chi connectivity index (χ3v) is 4.78. The molecule has 0 spiro atoms. The van der Waals surface area contributed by atoms with Crippen LogP contribution in [0.2, 0.25) is 0 Å². The second kappa shape index (κ2) is 7.74. The maximum Gasteiger partial charge on any atom is 0.341 e. The first kappa shape index (κ1) is 17.5. The second-order valence-electron chi connectivity index (χ2n) is 6.31. The van der Waals surface area contributed by atoms with Crippen LogP contribution in [0.15, 0.2) is 23.2 Å². The Labute approximate surface area is 147 Å². The minimum Gasteiger partial charge on any atom is -0.496 e. The number of benzene rings is 1. The fraction of sp³-hybridized carbons (Fsp3) is 0.556. The first-order valence-electron chi connectivity index (χ1n) is 8.52. The van der Waals surface area contributed by atoms with Crippen molar-refractivity contribution in [3.05, 3.63) is 29.3 Å². The third-order valence-electron chi connectivity index (χ3n) is 4.78. The average Bonchev–Trinajstić information content (AvgIpc) is 3.27. The number of fused-ring (bicyclic) bond motifs is 2. The largest absolute Gasteiger partial charge is 0.496 e. The summed E-state index contributed by atoms with van der Waals surface area (Å²) in [7, 11) is 4.64. The van der Waals surface area contributed by atoms with Crippen molar-refractivity contribution in [2.24, 2.45) is 4.99 Å². The molecule has 136 valence electrons. The van der Waals surface area contributed by atoms with Gasteiger partial charge in [-0.15, -0.1) is 0 Å². The molecule has 2 N–H and O–H groups in total. The molecule has 7 heteroatoms. The van der Waals surface area contributed by atoms with E-state index in [0.717, 1.165) is 24.4 Å². The third kappa shape index (κ3) is 3.87. The van der Waals surface area contributed by atoms with Crippen LogP contribution < -0.4 is 15.4 Å². The molecule has 2 aliphatic heterocycles. The molecule has 3 unspecified atom stereocenters. The van der Waals surface area contributed by atoms with E-state index in [4.69, 9.17) is 14.2 Å². The summed E-state index contributed by atoms with van der Waals surface area (Å²) in [6.45, 7) is 0.569. The van der Waals surface area contributed by atoms with Gasteiger partial charge >= 0.3 is 5.97 Å². The molecule has 2 saturated heterocycles. The number of methoxy groups -OCH3 is 2. The highest BCUT2D eigenvalue weighted by Crippen LogP contribution is 2.34. The van der Waals surface area contributed by atoms with Crippen molar-refractivity contribution in [3.8, 4) is 5.75 Å². The van der Waals surface area contributed by atoms with Crippen LogP contribution in [0.4, 0.5) is 0 Å². The van der Waals surface area contributed by atoms with E-state index in [1.165, 1.54) is 20.6 Å². The van der Waals surface area contributed by atoms with E-state index in [0.29, 0.717) is 36.1 Å². The van der Waals surface area contributed by atoms with Crippen LogP contribution in [0.25, 0.3) is 0 Å². The number of ether oxygens (including phenoxy) is 3. The van der Waals surface area contributed by atoms with E-state index in [2.05, 4.69) is 15.6 Å². The number of nitrogens with zero attached hydrogens (tertiary/aromatic N) is 1. The molecule has 7 nitrogen and oxygen atoms in total. The summed E-state index contributed by atoms with van der Waals surface area (Å²) < 4.78 is 15.9. The number of nitrogens with one attached hydrogen (secondary N) is 2. The van der Waals surface area contributed by atoms with Gasteiger partial charge in [-0.05, 0) is 37.0 Å². The molecule has 1 aromatic carbocycles. The smallest absolute Gasteiger partial charge is 0.341 e. The van der Waals surface area contributed by atoms with Gasteiger partial charge in [0.1, 0.15) is 11.3 Å². The maximum absolute atomic E-state index is 11.7. The Morgan fingerprint density at radius 1 is 1.36 bits per heavy atom.